The van der Waals surface area contributed by atoms with Crippen molar-refractivity contribution in [1.29, 1.82) is 0 Å². The number of hydrogen-bond acceptors (Lipinski definition) is 2. The zero-order valence-electron chi connectivity index (χ0n) is 15.3. The van der Waals surface area contributed by atoms with E-state index in [9.17, 15) is 5.11 Å². The van der Waals surface area contributed by atoms with E-state index in [1.807, 2.05) is 0 Å². The number of aliphatic hydroxyl groups excluding tert-OH is 1. The summed E-state index contributed by atoms with van der Waals surface area (Å²) >= 11 is 0. The van der Waals surface area contributed by atoms with Gasteiger partial charge in [-0.15, -0.1) is 0 Å². The summed E-state index contributed by atoms with van der Waals surface area (Å²) in [5, 5.41) is 9.64. The lowest BCUT2D eigenvalue weighted by molar-refractivity contribution is 0.00427. The predicted octanol–water partition coefficient (Wildman–Crippen LogP) is 5.25. The first-order valence-electron chi connectivity index (χ1n) is 10.8. The van der Waals surface area contributed by atoms with Crippen LogP contribution in [-0.4, -0.2) is 23.9 Å². The Balaban J connectivity index is 0.000000123. The number of rotatable bonds is 0. The van der Waals surface area contributed by atoms with E-state index in [2.05, 4.69) is 6.08 Å². The largest absolute Gasteiger partial charge is 0.389 e. The third kappa shape index (κ3) is 3.60. The van der Waals surface area contributed by atoms with Crippen molar-refractivity contribution < 1.29 is 9.84 Å². The van der Waals surface area contributed by atoms with Gasteiger partial charge in [0.05, 0.1) is 12.2 Å². The van der Waals surface area contributed by atoms with E-state index in [1.54, 1.807) is 0 Å². The fourth-order valence-electron chi connectivity index (χ4n) is 6.40. The molecule has 3 saturated carbocycles. The summed E-state index contributed by atoms with van der Waals surface area (Å²) < 4.78 is 5.81. The van der Waals surface area contributed by atoms with Crippen LogP contribution in [0.15, 0.2) is 11.6 Å². The lowest BCUT2D eigenvalue weighted by atomic mass is 9.64. The van der Waals surface area contributed by atoms with Crippen molar-refractivity contribution in [1.82, 2.24) is 0 Å². The van der Waals surface area contributed by atoms with E-state index in [1.165, 1.54) is 82.6 Å². The summed E-state index contributed by atoms with van der Waals surface area (Å²) in [6.07, 6.45) is 20.5. The summed E-state index contributed by atoms with van der Waals surface area (Å²) in [5.41, 5.74) is 1.36. The van der Waals surface area contributed by atoms with Crippen LogP contribution in [-0.2, 0) is 4.74 Å². The molecule has 5 rings (SSSR count). The Morgan fingerprint density at radius 1 is 0.792 bits per heavy atom. The Morgan fingerprint density at radius 3 is 2.58 bits per heavy atom. The highest BCUT2D eigenvalue weighted by Gasteiger charge is 2.42. The molecular weight excluding hydrogens is 296 g/mol. The molecule has 1 aliphatic heterocycles. The van der Waals surface area contributed by atoms with Gasteiger partial charge in [-0.25, -0.2) is 0 Å². The van der Waals surface area contributed by atoms with Gasteiger partial charge in [0.15, 0.2) is 0 Å². The van der Waals surface area contributed by atoms with Gasteiger partial charge in [0.2, 0.25) is 0 Å². The van der Waals surface area contributed by atoms with E-state index < -0.39 is 0 Å². The minimum absolute atomic E-state index is 0.0888. The van der Waals surface area contributed by atoms with Gasteiger partial charge in [-0.3, -0.25) is 0 Å². The van der Waals surface area contributed by atoms with Crippen molar-refractivity contribution in [3.63, 3.8) is 0 Å². The summed E-state index contributed by atoms with van der Waals surface area (Å²) in [6, 6.07) is 0. The van der Waals surface area contributed by atoms with Gasteiger partial charge in [0.1, 0.15) is 0 Å². The normalized spacial score (nSPS) is 44.3. The van der Waals surface area contributed by atoms with Crippen LogP contribution < -0.4 is 0 Å². The quantitative estimate of drug-likeness (QED) is 0.614. The second-order valence-corrected chi connectivity index (χ2v) is 8.93. The second kappa shape index (κ2) is 7.91. The Labute approximate surface area is 148 Å². The molecule has 5 aliphatic rings. The van der Waals surface area contributed by atoms with Crippen LogP contribution in [0.3, 0.4) is 0 Å². The average molecular weight is 333 g/mol. The molecule has 0 amide bonds. The highest BCUT2D eigenvalue weighted by atomic mass is 16.5. The number of hydrogen-bond donors (Lipinski definition) is 1. The third-order valence-corrected chi connectivity index (χ3v) is 7.62. The molecule has 1 N–H and O–H groups in total. The first-order chi connectivity index (χ1) is 11.8. The molecule has 6 unspecified atom stereocenters. The van der Waals surface area contributed by atoms with E-state index in [0.29, 0.717) is 6.10 Å². The number of fused-ring (bicyclic) bond motifs is 4. The zero-order chi connectivity index (χ0) is 16.4. The maximum absolute atomic E-state index is 9.64. The molecule has 0 aromatic rings. The van der Waals surface area contributed by atoms with Gasteiger partial charge in [-0.05, 0) is 93.5 Å². The highest BCUT2D eigenvalue weighted by molar-refractivity contribution is 5.16. The van der Waals surface area contributed by atoms with Crippen LogP contribution in [0.4, 0.5) is 0 Å². The minimum atomic E-state index is -0.0888. The van der Waals surface area contributed by atoms with Gasteiger partial charge in [0.25, 0.3) is 0 Å². The van der Waals surface area contributed by atoms with Crippen molar-refractivity contribution >= 4 is 0 Å². The van der Waals surface area contributed by atoms with E-state index in [-0.39, 0.29) is 6.10 Å². The van der Waals surface area contributed by atoms with Gasteiger partial charge >= 0.3 is 0 Å². The molecule has 6 atom stereocenters. The molecule has 4 aliphatic carbocycles. The molecule has 1 saturated heterocycles. The molecule has 136 valence electrons. The minimum Gasteiger partial charge on any atom is -0.389 e. The van der Waals surface area contributed by atoms with Crippen molar-refractivity contribution in [2.24, 2.45) is 23.7 Å². The summed E-state index contributed by atoms with van der Waals surface area (Å²) in [6.45, 7) is 1.05. The molecule has 0 bridgehead atoms. The number of allylic oxidation sites excluding steroid dienone is 1. The lowest BCUT2D eigenvalue weighted by Gasteiger charge is -2.42. The highest BCUT2D eigenvalue weighted by Crippen LogP contribution is 2.48. The molecule has 0 aromatic carbocycles. The number of aliphatic hydroxyl groups is 1. The first kappa shape index (κ1) is 17.1. The Hall–Kier alpha value is -0.340. The summed E-state index contributed by atoms with van der Waals surface area (Å²) in [4.78, 5) is 0. The Morgan fingerprint density at radius 2 is 1.67 bits per heavy atom. The standard InChI is InChI=1S/C12H20O.C10H16O/c1-2-4-10-9(3-1)5-6-12-11(10)7-8-13-12;11-10-7-3-5-8-4-1-2-6-9(8)10/h9-12H,1-8H2;6,8,10-11H,1-5,7H2. The average Bonchev–Trinajstić information content (AvgIpc) is 3.12. The third-order valence-electron chi connectivity index (χ3n) is 7.62. The predicted molar refractivity (Wildman–Crippen MR) is 97.8 cm³/mol. The maximum Gasteiger partial charge on any atom is 0.0752 e. The second-order valence-electron chi connectivity index (χ2n) is 8.93. The molecule has 0 radical (unpaired) electrons. The van der Waals surface area contributed by atoms with Crippen LogP contribution in [0.1, 0.15) is 83.5 Å². The molecule has 24 heavy (non-hydrogen) atoms. The molecule has 1 heterocycles. The van der Waals surface area contributed by atoms with Crippen LogP contribution >= 0.6 is 0 Å². The topological polar surface area (TPSA) is 29.5 Å². The number of ether oxygens (including phenoxy) is 1. The van der Waals surface area contributed by atoms with Crippen molar-refractivity contribution in [3.8, 4) is 0 Å². The fraction of sp³-hybridized carbons (Fsp3) is 0.909. The van der Waals surface area contributed by atoms with Gasteiger partial charge in [-0.2, -0.15) is 0 Å². The van der Waals surface area contributed by atoms with Crippen LogP contribution in [0.5, 0.6) is 0 Å². The van der Waals surface area contributed by atoms with E-state index >= 15 is 0 Å². The maximum atomic E-state index is 9.64. The molecule has 0 aromatic heterocycles. The Kier molecular flexibility index (Phi) is 5.63. The van der Waals surface area contributed by atoms with E-state index in [0.717, 1.165) is 36.7 Å². The van der Waals surface area contributed by atoms with E-state index in [4.69, 9.17) is 4.74 Å². The van der Waals surface area contributed by atoms with Crippen LogP contribution in [0.25, 0.3) is 0 Å². The van der Waals surface area contributed by atoms with Gasteiger partial charge in [0, 0.05) is 6.61 Å². The van der Waals surface area contributed by atoms with Crippen molar-refractivity contribution in [2.75, 3.05) is 6.61 Å². The summed E-state index contributed by atoms with van der Waals surface area (Å²) in [5.74, 6) is 3.83. The lowest BCUT2D eigenvalue weighted by Crippen LogP contribution is -2.37. The van der Waals surface area contributed by atoms with Crippen molar-refractivity contribution in [3.05, 3.63) is 11.6 Å². The molecular formula is C22H36O2. The van der Waals surface area contributed by atoms with Crippen LogP contribution in [0, 0.1) is 23.7 Å². The molecule has 2 heteroatoms. The Bertz CT molecular complexity index is 443. The SMILES string of the molecule is C1CCC2C(C1)CCC1OCCC12.OC1CCCC2CCCC=C12. The van der Waals surface area contributed by atoms with Crippen LogP contribution in [0.2, 0.25) is 0 Å². The molecule has 4 fully saturated rings. The zero-order valence-corrected chi connectivity index (χ0v) is 15.3. The first-order valence-corrected chi connectivity index (χ1v) is 10.8. The monoisotopic (exact) mass is 332 g/mol. The fourth-order valence-corrected chi connectivity index (χ4v) is 6.40. The van der Waals surface area contributed by atoms with Gasteiger partial charge < -0.3 is 9.84 Å². The summed E-state index contributed by atoms with van der Waals surface area (Å²) in [7, 11) is 0. The molecule has 2 nitrogen and oxygen atoms in total. The smallest absolute Gasteiger partial charge is 0.0752 e. The molecule has 0 spiro atoms. The van der Waals surface area contributed by atoms with Gasteiger partial charge in [-0.1, -0.05) is 25.3 Å². The van der Waals surface area contributed by atoms with Crippen molar-refractivity contribution in [2.45, 2.75) is 95.7 Å².